The summed E-state index contributed by atoms with van der Waals surface area (Å²) in [5.41, 5.74) is 2.11. The fourth-order valence-electron chi connectivity index (χ4n) is 3.49. The maximum atomic E-state index is 12.7. The van der Waals surface area contributed by atoms with Crippen LogP contribution < -0.4 is 10.1 Å². The molecule has 9 heteroatoms. The summed E-state index contributed by atoms with van der Waals surface area (Å²) >= 11 is 1.39. The number of hydrogen-bond donors (Lipinski definition) is 1. The van der Waals surface area contributed by atoms with Gasteiger partial charge in [0.2, 0.25) is 10.0 Å². The highest BCUT2D eigenvalue weighted by Gasteiger charge is 2.27. The zero-order valence-corrected chi connectivity index (χ0v) is 18.9. The minimum atomic E-state index is -3.50. The highest BCUT2D eigenvalue weighted by Crippen LogP contribution is 2.31. The van der Waals surface area contributed by atoms with Crippen LogP contribution in [-0.2, 0) is 10.0 Å². The largest absolute Gasteiger partial charge is 0.497 e. The van der Waals surface area contributed by atoms with E-state index in [-0.39, 0.29) is 10.8 Å². The molecular formula is C22H23N3O4S2. The van der Waals surface area contributed by atoms with E-state index in [9.17, 15) is 13.2 Å². The molecule has 1 aliphatic heterocycles. The zero-order chi connectivity index (χ0) is 22.0. The summed E-state index contributed by atoms with van der Waals surface area (Å²) in [6.07, 6.45) is 1.76. The Hall–Kier alpha value is -2.75. The van der Waals surface area contributed by atoms with Crippen molar-refractivity contribution < 1.29 is 17.9 Å². The number of aryl methyl sites for hydroxylation is 1. The average Bonchev–Trinajstić information content (AvgIpc) is 3.44. The molecule has 0 unspecified atom stereocenters. The first-order valence-electron chi connectivity index (χ1n) is 9.92. The van der Waals surface area contributed by atoms with E-state index in [0.717, 1.165) is 34.7 Å². The first-order chi connectivity index (χ1) is 14.9. The molecule has 0 atom stereocenters. The summed E-state index contributed by atoms with van der Waals surface area (Å²) in [6, 6.07) is 13.6. The van der Waals surface area contributed by atoms with Crippen LogP contribution >= 0.6 is 11.3 Å². The van der Waals surface area contributed by atoms with Crippen LogP contribution in [0.3, 0.4) is 0 Å². The van der Waals surface area contributed by atoms with Gasteiger partial charge in [0.15, 0.2) is 5.13 Å². The highest BCUT2D eigenvalue weighted by atomic mass is 32.2. The summed E-state index contributed by atoms with van der Waals surface area (Å²) in [5.74, 6) is 0.431. The van der Waals surface area contributed by atoms with Crippen LogP contribution in [0.5, 0.6) is 5.75 Å². The van der Waals surface area contributed by atoms with Gasteiger partial charge in [0.25, 0.3) is 5.91 Å². The fourth-order valence-corrected chi connectivity index (χ4v) is 5.84. The van der Waals surface area contributed by atoms with Gasteiger partial charge >= 0.3 is 0 Å². The first-order valence-corrected chi connectivity index (χ1v) is 12.2. The molecule has 1 fully saturated rings. The standard InChI is InChI=1S/C22H23N3O4S2/c1-15-20(16-5-9-18(29-2)10-6-16)23-22(30-15)24-21(26)17-7-11-19(12-8-17)31(27,28)25-13-3-4-14-25/h5-12H,3-4,13-14H2,1-2H3,(H,23,24,26). The number of nitrogens with zero attached hydrogens (tertiary/aromatic N) is 2. The van der Waals surface area contributed by atoms with E-state index < -0.39 is 10.0 Å². The maximum absolute atomic E-state index is 12.7. The highest BCUT2D eigenvalue weighted by molar-refractivity contribution is 7.89. The van der Waals surface area contributed by atoms with E-state index in [2.05, 4.69) is 10.3 Å². The minimum absolute atomic E-state index is 0.206. The molecule has 1 aliphatic rings. The molecule has 0 aliphatic carbocycles. The molecule has 3 aromatic rings. The summed E-state index contributed by atoms with van der Waals surface area (Å²) in [6.45, 7) is 3.04. The topological polar surface area (TPSA) is 88.6 Å². The minimum Gasteiger partial charge on any atom is -0.497 e. The van der Waals surface area contributed by atoms with Crippen molar-refractivity contribution in [2.75, 3.05) is 25.5 Å². The van der Waals surface area contributed by atoms with E-state index >= 15 is 0 Å². The number of carbonyl (C=O) groups is 1. The Kier molecular flexibility index (Phi) is 6.08. The predicted molar refractivity (Wildman–Crippen MR) is 121 cm³/mol. The number of thiazole rings is 1. The number of carbonyl (C=O) groups excluding carboxylic acids is 1. The first kappa shape index (κ1) is 21.5. The smallest absolute Gasteiger partial charge is 0.257 e. The maximum Gasteiger partial charge on any atom is 0.257 e. The summed E-state index contributed by atoms with van der Waals surface area (Å²) in [4.78, 5) is 18.4. The molecule has 0 spiro atoms. The second-order valence-corrected chi connectivity index (χ2v) is 10.4. The van der Waals surface area contributed by atoms with Gasteiger partial charge in [-0.3, -0.25) is 10.1 Å². The van der Waals surface area contributed by atoms with Gasteiger partial charge in [-0.05, 0) is 68.3 Å². The van der Waals surface area contributed by atoms with Crippen molar-refractivity contribution >= 4 is 32.4 Å². The third-order valence-corrected chi connectivity index (χ3v) is 8.00. The Morgan fingerprint density at radius 3 is 2.32 bits per heavy atom. The van der Waals surface area contributed by atoms with Gasteiger partial charge in [0, 0.05) is 29.1 Å². The Balaban J connectivity index is 1.48. The van der Waals surface area contributed by atoms with E-state index in [4.69, 9.17) is 4.74 Å². The molecule has 1 saturated heterocycles. The number of anilines is 1. The van der Waals surface area contributed by atoms with Crippen LogP contribution in [0, 0.1) is 6.92 Å². The van der Waals surface area contributed by atoms with Crippen molar-refractivity contribution in [2.45, 2.75) is 24.7 Å². The molecule has 0 bridgehead atoms. The van der Waals surface area contributed by atoms with Crippen molar-refractivity contribution in [3.63, 3.8) is 0 Å². The summed E-state index contributed by atoms with van der Waals surface area (Å²) in [5, 5.41) is 3.30. The van der Waals surface area contributed by atoms with Crippen molar-refractivity contribution in [3.8, 4) is 17.0 Å². The van der Waals surface area contributed by atoms with Crippen LogP contribution in [0.25, 0.3) is 11.3 Å². The number of sulfonamides is 1. The second-order valence-electron chi connectivity index (χ2n) is 7.24. The van der Waals surface area contributed by atoms with E-state index in [0.29, 0.717) is 23.8 Å². The monoisotopic (exact) mass is 457 g/mol. The number of rotatable bonds is 6. The predicted octanol–water partition coefficient (Wildman–Crippen LogP) is 4.16. The van der Waals surface area contributed by atoms with Gasteiger partial charge in [0.1, 0.15) is 5.75 Å². The molecule has 0 saturated carbocycles. The molecule has 7 nitrogen and oxygen atoms in total. The number of methoxy groups -OCH3 is 1. The van der Waals surface area contributed by atoms with Gasteiger partial charge in [-0.15, -0.1) is 11.3 Å². The van der Waals surface area contributed by atoms with E-state index in [1.807, 2.05) is 31.2 Å². The third kappa shape index (κ3) is 4.48. The second kappa shape index (κ2) is 8.78. The molecule has 1 N–H and O–H groups in total. The van der Waals surface area contributed by atoms with Gasteiger partial charge < -0.3 is 4.74 Å². The van der Waals surface area contributed by atoms with Crippen LogP contribution in [0.2, 0.25) is 0 Å². The van der Waals surface area contributed by atoms with Crippen molar-refractivity contribution in [1.82, 2.24) is 9.29 Å². The van der Waals surface area contributed by atoms with Crippen molar-refractivity contribution in [1.29, 1.82) is 0 Å². The summed E-state index contributed by atoms with van der Waals surface area (Å²) < 4.78 is 31.9. The Morgan fingerprint density at radius 1 is 1.06 bits per heavy atom. The lowest BCUT2D eigenvalue weighted by atomic mass is 10.1. The van der Waals surface area contributed by atoms with Gasteiger partial charge in [0.05, 0.1) is 17.7 Å². The van der Waals surface area contributed by atoms with E-state index in [1.54, 1.807) is 7.11 Å². The number of benzene rings is 2. The normalized spacial score (nSPS) is 14.5. The van der Waals surface area contributed by atoms with Crippen LogP contribution in [-0.4, -0.2) is 43.8 Å². The molecule has 1 amide bonds. The van der Waals surface area contributed by atoms with Crippen LogP contribution in [0.1, 0.15) is 28.1 Å². The molecule has 2 heterocycles. The lowest BCUT2D eigenvalue weighted by Gasteiger charge is -2.15. The average molecular weight is 458 g/mol. The number of nitrogens with one attached hydrogen (secondary N) is 1. The Labute approximate surface area is 185 Å². The molecule has 31 heavy (non-hydrogen) atoms. The van der Waals surface area contributed by atoms with Gasteiger partial charge in [-0.1, -0.05) is 0 Å². The number of amides is 1. The van der Waals surface area contributed by atoms with Crippen LogP contribution in [0.4, 0.5) is 5.13 Å². The Bertz CT molecular complexity index is 1180. The van der Waals surface area contributed by atoms with Crippen LogP contribution in [0.15, 0.2) is 53.4 Å². The fraction of sp³-hybridized carbons (Fsp3) is 0.273. The SMILES string of the molecule is COc1ccc(-c2nc(NC(=O)c3ccc(S(=O)(=O)N4CCCC4)cc3)sc2C)cc1. The molecule has 4 rings (SSSR count). The van der Waals surface area contributed by atoms with Gasteiger partial charge in [-0.2, -0.15) is 4.31 Å². The Morgan fingerprint density at radius 2 is 1.71 bits per heavy atom. The van der Waals surface area contributed by atoms with Crippen molar-refractivity contribution in [3.05, 3.63) is 59.0 Å². The molecule has 2 aromatic carbocycles. The summed E-state index contributed by atoms with van der Waals surface area (Å²) in [7, 11) is -1.88. The molecule has 1 aromatic heterocycles. The molecular weight excluding hydrogens is 434 g/mol. The molecule has 162 valence electrons. The number of ether oxygens (including phenoxy) is 1. The van der Waals surface area contributed by atoms with E-state index in [1.165, 1.54) is 39.9 Å². The zero-order valence-electron chi connectivity index (χ0n) is 17.3. The third-order valence-electron chi connectivity index (χ3n) is 5.20. The number of hydrogen-bond acceptors (Lipinski definition) is 6. The van der Waals surface area contributed by atoms with Gasteiger partial charge in [-0.25, -0.2) is 13.4 Å². The number of aromatic nitrogens is 1. The van der Waals surface area contributed by atoms with Crippen molar-refractivity contribution in [2.24, 2.45) is 0 Å². The lowest BCUT2D eigenvalue weighted by Crippen LogP contribution is -2.27. The molecule has 0 radical (unpaired) electrons. The lowest BCUT2D eigenvalue weighted by molar-refractivity contribution is 0.102. The quantitative estimate of drug-likeness (QED) is 0.600.